The van der Waals surface area contributed by atoms with Crippen molar-refractivity contribution in [2.45, 2.75) is 13.8 Å². The van der Waals surface area contributed by atoms with E-state index < -0.39 is 19.7 Å². The lowest BCUT2D eigenvalue weighted by Crippen LogP contribution is -2.32. The Labute approximate surface area is 155 Å². The molecule has 0 aliphatic carbocycles. The van der Waals surface area contributed by atoms with Gasteiger partial charge in [-0.1, -0.05) is 11.6 Å². The zero-order chi connectivity index (χ0) is 19.2. The Balaban J connectivity index is 2.09. The number of hydrogen-bond donors (Lipinski definition) is 2. The zero-order valence-corrected chi connectivity index (χ0v) is 15.8. The third-order valence-electron chi connectivity index (χ3n) is 3.06. The van der Waals surface area contributed by atoms with E-state index >= 15 is 0 Å². The summed E-state index contributed by atoms with van der Waals surface area (Å²) in [7, 11) is -3.51. The van der Waals surface area contributed by atoms with E-state index in [2.05, 4.69) is 20.8 Å². The minimum absolute atomic E-state index is 0.00527. The smallest absolute Gasteiger partial charge is 0.309 e. The number of hydrogen-bond acceptors (Lipinski definition) is 8. The summed E-state index contributed by atoms with van der Waals surface area (Å²) >= 11 is 6.04. The minimum Gasteiger partial charge on any atom is -0.309 e. The number of nitrogens with zero attached hydrogens (tertiary/aromatic N) is 3. The quantitative estimate of drug-likeness (QED) is 0.514. The third-order valence-corrected chi connectivity index (χ3v) is 5.30. The summed E-state index contributed by atoms with van der Waals surface area (Å²) in [6.07, 6.45) is -0.453. The molecular formula is C15H17ClN5O4P. The molecule has 1 amide bonds. The van der Waals surface area contributed by atoms with Crippen LogP contribution in [0.5, 0.6) is 0 Å². The molecule has 1 aromatic heterocycles. The topological polar surface area (TPSA) is 126 Å². The van der Waals surface area contributed by atoms with Crippen molar-refractivity contribution in [3.63, 3.8) is 0 Å². The standard InChI is InChI=1S/C15H17ClN5O4P/c1-3-24-26(23,25-4-2)9-13(22)20-21-15-14(16)18-12-7-10(8-17)5-6-11(12)19-15/h5-7H,3-4,9H2,1-2H3,(H,19,21)(H,20,22). The number of aromatic nitrogens is 2. The monoisotopic (exact) mass is 397 g/mol. The summed E-state index contributed by atoms with van der Waals surface area (Å²) in [5.74, 6) is -0.507. The van der Waals surface area contributed by atoms with Crippen molar-refractivity contribution >= 4 is 42.0 Å². The van der Waals surface area contributed by atoms with E-state index in [9.17, 15) is 9.36 Å². The Hall–Kier alpha value is -2.24. The summed E-state index contributed by atoms with van der Waals surface area (Å²) in [6, 6.07) is 6.76. The number of carbonyl (C=O) groups excluding carboxylic acids is 1. The van der Waals surface area contributed by atoms with E-state index in [1.165, 1.54) is 0 Å². The highest BCUT2D eigenvalue weighted by molar-refractivity contribution is 7.54. The number of nitrogens with one attached hydrogen (secondary N) is 2. The highest BCUT2D eigenvalue weighted by atomic mass is 35.5. The molecule has 0 saturated heterocycles. The average molecular weight is 398 g/mol. The van der Waals surface area contributed by atoms with E-state index in [-0.39, 0.29) is 24.2 Å². The van der Waals surface area contributed by atoms with Crippen LogP contribution in [0.4, 0.5) is 5.82 Å². The second kappa shape index (κ2) is 8.92. The number of amides is 1. The molecule has 9 nitrogen and oxygen atoms in total. The molecule has 2 rings (SSSR count). The van der Waals surface area contributed by atoms with Crippen molar-refractivity contribution in [1.82, 2.24) is 15.4 Å². The summed E-state index contributed by atoms with van der Waals surface area (Å²) in [5, 5.41) is 8.91. The van der Waals surface area contributed by atoms with Gasteiger partial charge in [0.1, 0.15) is 6.16 Å². The molecule has 0 aliphatic rings. The molecule has 26 heavy (non-hydrogen) atoms. The van der Waals surface area contributed by atoms with Crippen LogP contribution in [0.1, 0.15) is 19.4 Å². The first kappa shape index (κ1) is 20.1. The van der Waals surface area contributed by atoms with Crippen molar-refractivity contribution in [3.8, 4) is 6.07 Å². The van der Waals surface area contributed by atoms with Gasteiger partial charge in [-0.15, -0.1) is 0 Å². The van der Waals surface area contributed by atoms with Crippen LogP contribution in [0.15, 0.2) is 18.2 Å². The third kappa shape index (κ3) is 5.13. The van der Waals surface area contributed by atoms with Crippen molar-refractivity contribution in [2.24, 2.45) is 0 Å². The van der Waals surface area contributed by atoms with E-state index in [1.807, 2.05) is 6.07 Å². The Morgan fingerprint density at radius 3 is 2.58 bits per heavy atom. The molecule has 2 N–H and O–H groups in total. The second-order valence-corrected chi connectivity index (χ2v) is 7.37. The lowest BCUT2D eigenvalue weighted by atomic mass is 10.2. The first-order chi connectivity index (χ1) is 12.4. The highest BCUT2D eigenvalue weighted by Crippen LogP contribution is 2.47. The molecule has 2 aromatic rings. The molecule has 11 heteroatoms. The van der Waals surface area contributed by atoms with Gasteiger partial charge in [-0.25, -0.2) is 9.97 Å². The summed E-state index contributed by atoms with van der Waals surface area (Å²) in [6.45, 7) is 3.63. The van der Waals surface area contributed by atoms with E-state index in [4.69, 9.17) is 25.9 Å². The van der Waals surface area contributed by atoms with Crippen LogP contribution in [-0.4, -0.2) is 35.3 Å². The first-order valence-corrected chi connectivity index (χ1v) is 9.81. The summed E-state index contributed by atoms with van der Waals surface area (Å²) in [4.78, 5) is 20.4. The van der Waals surface area contributed by atoms with E-state index in [0.717, 1.165) is 0 Å². The van der Waals surface area contributed by atoms with Gasteiger partial charge in [-0.05, 0) is 32.0 Å². The molecule has 0 saturated carbocycles. The van der Waals surface area contributed by atoms with Gasteiger partial charge in [0.2, 0.25) is 0 Å². The van der Waals surface area contributed by atoms with Crippen LogP contribution in [0.25, 0.3) is 11.0 Å². The Morgan fingerprint density at radius 1 is 1.27 bits per heavy atom. The summed E-state index contributed by atoms with van der Waals surface area (Å²) in [5.41, 5.74) is 6.24. The SMILES string of the molecule is CCOP(=O)(CC(=O)NNc1nc2ccc(C#N)cc2nc1Cl)OCC. The molecule has 1 aromatic carbocycles. The zero-order valence-electron chi connectivity index (χ0n) is 14.2. The first-order valence-electron chi connectivity index (χ1n) is 7.71. The number of rotatable bonds is 8. The number of benzene rings is 1. The molecule has 138 valence electrons. The van der Waals surface area contributed by atoms with Crippen LogP contribution in [0.2, 0.25) is 5.15 Å². The largest absolute Gasteiger partial charge is 0.340 e. The van der Waals surface area contributed by atoms with Crippen LogP contribution in [0.3, 0.4) is 0 Å². The molecule has 0 aliphatic heterocycles. The van der Waals surface area contributed by atoms with Crippen molar-refractivity contribution in [1.29, 1.82) is 5.26 Å². The average Bonchev–Trinajstić information content (AvgIpc) is 2.59. The molecular weight excluding hydrogens is 381 g/mol. The Bertz CT molecular complexity index is 891. The van der Waals surface area contributed by atoms with Gasteiger partial charge in [0.05, 0.1) is 35.9 Å². The van der Waals surface area contributed by atoms with Gasteiger partial charge in [-0.2, -0.15) is 5.26 Å². The molecule has 1 heterocycles. The Morgan fingerprint density at radius 2 is 1.96 bits per heavy atom. The maximum Gasteiger partial charge on any atom is 0.340 e. The van der Waals surface area contributed by atoms with E-state index in [1.54, 1.807) is 32.0 Å². The van der Waals surface area contributed by atoms with Crippen molar-refractivity contribution < 1.29 is 18.4 Å². The maximum absolute atomic E-state index is 12.3. The predicted octanol–water partition coefficient (Wildman–Crippen LogP) is 2.86. The van der Waals surface area contributed by atoms with Gasteiger partial charge in [0.25, 0.3) is 5.91 Å². The maximum atomic E-state index is 12.3. The van der Waals surface area contributed by atoms with Crippen LogP contribution >= 0.6 is 19.2 Å². The van der Waals surface area contributed by atoms with Crippen molar-refractivity contribution in [2.75, 3.05) is 24.8 Å². The van der Waals surface area contributed by atoms with Gasteiger partial charge in [-0.3, -0.25) is 20.2 Å². The molecule has 0 radical (unpaired) electrons. The molecule has 0 spiro atoms. The fourth-order valence-electron chi connectivity index (χ4n) is 2.05. The number of hydrazine groups is 1. The highest BCUT2D eigenvalue weighted by Gasteiger charge is 2.27. The minimum atomic E-state index is -3.51. The number of nitriles is 1. The fourth-order valence-corrected chi connectivity index (χ4v) is 3.70. The molecule has 0 unspecified atom stereocenters. The number of fused-ring (bicyclic) bond motifs is 1. The second-order valence-electron chi connectivity index (χ2n) is 4.96. The van der Waals surface area contributed by atoms with E-state index in [0.29, 0.717) is 16.6 Å². The lowest BCUT2D eigenvalue weighted by Gasteiger charge is -2.17. The number of carbonyl (C=O) groups is 1. The van der Waals surface area contributed by atoms with Crippen LogP contribution in [0, 0.1) is 11.3 Å². The predicted molar refractivity (Wildman–Crippen MR) is 96.8 cm³/mol. The Kier molecular flexibility index (Phi) is 6.89. The van der Waals surface area contributed by atoms with Gasteiger partial charge < -0.3 is 9.05 Å². The molecule has 0 fully saturated rings. The van der Waals surface area contributed by atoms with Crippen molar-refractivity contribution in [3.05, 3.63) is 28.9 Å². The van der Waals surface area contributed by atoms with Crippen LogP contribution < -0.4 is 10.9 Å². The summed E-state index contributed by atoms with van der Waals surface area (Å²) < 4.78 is 22.4. The normalized spacial score (nSPS) is 11.2. The fraction of sp³-hybridized carbons (Fsp3) is 0.333. The number of halogens is 1. The van der Waals surface area contributed by atoms with Gasteiger partial charge in [0, 0.05) is 0 Å². The van der Waals surface area contributed by atoms with Crippen LogP contribution in [-0.2, 0) is 18.4 Å². The molecule has 0 atom stereocenters. The van der Waals surface area contributed by atoms with Gasteiger partial charge in [0.15, 0.2) is 11.0 Å². The van der Waals surface area contributed by atoms with Gasteiger partial charge >= 0.3 is 7.60 Å². The number of anilines is 1. The molecule has 0 bridgehead atoms. The lowest BCUT2D eigenvalue weighted by molar-refractivity contribution is -0.118.